The highest BCUT2D eigenvalue weighted by atomic mass is 32.2. The number of amides is 1. The largest absolute Gasteiger partial charge is 0.329 e. The Hall–Kier alpha value is -1.75. The summed E-state index contributed by atoms with van der Waals surface area (Å²) in [6.07, 6.45) is 4.67. The number of benzene rings is 1. The van der Waals surface area contributed by atoms with Crippen molar-refractivity contribution < 1.29 is 4.79 Å². The van der Waals surface area contributed by atoms with Crippen LogP contribution in [0.15, 0.2) is 41.8 Å². The standard InChI is InChI=1S/C17H23N3OS/c1-5-12(2)14-8-6-7-9-15(14)19-16(21)13(3)22-17-18-10-11-20(17)4/h6-13H,5H2,1-4H3,(H,19,21)/t12-,13+/m0/s1. The first-order valence-electron chi connectivity index (χ1n) is 7.56. The fourth-order valence-corrected chi connectivity index (χ4v) is 3.00. The van der Waals surface area contributed by atoms with Gasteiger partial charge in [-0.2, -0.15) is 0 Å². The van der Waals surface area contributed by atoms with Gasteiger partial charge in [-0.25, -0.2) is 4.98 Å². The Balaban J connectivity index is 2.07. The zero-order valence-electron chi connectivity index (χ0n) is 13.5. The van der Waals surface area contributed by atoms with Crippen molar-refractivity contribution in [2.75, 3.05) is 5.32 Å². The molecular weight excluding hydrogens is 294 g/mol. The number of anilines is 1. The number of para-hydroxylation sites is 1. The van der Waals surface area contributed by atoms with E-state index in [1.165, 1.54) is 17.3 Å². The first kappa shape index (κ1) is 16.6. The molecule has 0 radical (unpaired) electrons. The average molecular weight is 317 g/mol. The number of nitrogens with zero attached hydrogens (tertiary/aromatic N) is 2. The smallest absolute Gasteiger partial charge is 0.237 e. The van der Waals surface area contributed by atoms with Crippen LogP contribution >= 0.6 is 11.8 Å². The molecule has 5 heteroatoms. The third-order valence-electron chi connectivity index (χ3n) is 3.79. The molecule has 2 aromatic rings. The highest BCUT2D eigenvalue weighted by Crippen LogP contribution is 2.28. The molecule has 0 saturated carbocycles. The predicted molar refractivity (Wildman–Crippen MR) is 92.3 cm³/mol. The van der Waals surface area contributed by atoms with Gasteiger partial charge in [0.25, 0.3) is 0 Å². The lowest BCUT2D eigenvalue weighted by molar-refractivity contribution is -0.115. The predicted octanol–water partition coefficient (Wildman–Crippen LogP) is 4.05. The molecule has 0 saturated heterocycles. The monoisotopic (exact) mass is 317 g/mol. The number of imidazole rings is 1. The molecule has 0 bridgehead atoms. The summed E-state index contributed by atoms with van der Waals surface area (Å²) >= 11 is 1.46. The highest BCUT2D eigenvalue weighted by Gasteiger charge is 2.18. The Bertz CT molecular complexity index is 638. The van der Waals surface area contributed by atoms with Gasteiger partial charge in [-0.05, 0) is 30.9 Å². The van der Waals surface area contributed by atoms with Gasteiger partial charge in [-0.15, -0.1) is 0 Å². The van der Waals surface area contributed by atoms with Gasteiger partial charge in [0, 0.05) is 25.1 Å². The number of carbonyl (C=O) groups is 1. The second-order valence-electron chi connectivity index (χ2n) is 5.47. The molecule has 1 heterocycles. The Labute approximate surface area is 136 Å². The van der Waals surface area contributed by atoms with Gasteiger partial charge in [0.2, 0.25) is 5.91 Å². The molecule has 0 unspecified atom stereocenters. The van der Waals surface area contributed by atoms with Crippen molar-refractivity contribution in [3.8, 4) is 0 Å². The van der Waals surface area contributed by atoms with Crippen LogP contribution in [-0.2, 0) is 11.8 Å². The average Bonchev–Trinajstić information content (AvgIpc) is 2.92. The quantitative estimate of drug-likeness (QED) is 0.818. The van der Waals surface area contributed by atoms with Gasteiger partial charge in [-0.3, -0.25) is 4.79 Å². The third kappa shape index (κ3) is 3.91. The molecule has 0 aliphatic carbocycles. The highest BCUT2D eigenvalue weighted by molar-refractivity contribution is 8.00. The molecule has 1 amide bonds. The molecule has 118 valence electrons. The van der Waals surface area contributed by atoms with Crippen molar-refractivity contribution in [3.63, 3.8) is 0 Å². The Kier molecular flexibility index (Phi) is 5.66. The molecule has 4 nitrogen and oxygen atoms in total. The summed E-state index contributed by atoms with van der Waals surface area (Å²) in [7, 11) is 1.93. The molecule has 0 spiro atoms. The normalized spacial score (nSPS) is 13.6. The van der Waals surface area contributed by atoms with E-state index in [4.69, 9.17) is 0 Å². The number of carbonyl (C=O) groups excluding carboxylic acids is 1. The topological polar surface area (TPSA) is 46.9 Å². The van der Waals surface area contributed by atoms with Crippen LogP contribution in [0.4, 0.5) is 5.69 Å². The molecular formula is C17H23N3OS. The lowest BCUT2D eigenvalue weighted by Gasteiger charge is -2.17. The van der Waals surface area contributed by atoms with Crippen LogP contribution in [-0.4, -0.2) is 20.7 Å². The number of hydrogen-bond acceptors (Lipinski definition) is 3. The first-order valence-corrected chi connectivity index (χ1v) is 8.44. The molecule has 1 aromatic carbocycles. The van der Waals surface area contributed by atoms with Crippen LogP contribution in [0.3, 0.4) is 0 Å². The van der Waals surface area contributed by atoms with E-state index >= 15 is 0 Å². The Morgan fingerprint density at radius 3 is 2.73 bits per heavy atom. The van der Waals surface area contributed by atoms with Gasteiger partial charge in [0.05, 0.1) is 5.25 Å². The molecule has 1 aromatic heterocycles. The summed E-state index contributed by atoms with van der Waals surface area (Å²) in [6, 6.07) is 8.03. The lowest BCUT2D eigenvalue weighted by Crippen LogP contribution is -2.23. The maximum atomic E-state index is 12.4. The third-order valence-corrected chi connectivity index (χ3v) is 4.96. The summed E-state index contributed by atoms with van der Waals surface area (Å²) < 4.78 is 1.92. The number of nitrogens with one attached hydrogen (secondary N) is 1. The summed E-state index contributed by atoms with van der Waals surface area (Å²) in [5.41, 5.74) is 2.10. The number of rotatable bonds is 6. The van der Waals surface area contributed by atoms with E-state index in [-0.39, 0.29) is 11.2 Å². The van der Waals surface area contributed by atoms with Crippen molar-refractivity contribution >= 4 is 23.4 Å². The van der Waals surface area contributed by atoms with E-state index in [9.17, 15) is 4.79 Å². The maximum Gasteiger partial charge on any atom is 0.237 e. The van der Waals surface area contributed by atoms with E-state index in [1.807, 2.05) is 42.9 Å². The Morgan fingerprint density at radius 2 is 2.09 bits per heavy atom. The van der Waals surface area contributed by atoms with Gasteiger partial charge in [0.15, 0.2) is 5.16 Å². The zero-order chi connectivity index (χ0) is 16.1. The summed E-state index contributed by atoms with van der Waals surface area (Å²) in [5.74, 6) is 0.428. The molecule has 1 N–H and O–H groups in total. The van der Waals surface area contributed by atoms with Crippen LogP contribution in [0.25, 0.3) is 0 Å². The van der Waals surface area contributed by atoms with Crippen molar-refractivity contribution in [2.24, 2.45) is 7.05 Å². The lowest BCUT2D eigenvalue weighted by atomic mass is 9.97. The number of aryl methyl sites for hydroxylation is 1. The van der Waals surface area contributed by atoms with Gasteiger partial charge < -0.3 is 9.88 Å². The van der Waals surface area contributed by atoms with Crippen molar-refractivity contribution in [2.45, 2.75) is 43.5 Å². The van der Waals surface area contributed by atoms with Gasteiger partial charge >= 0.3 is 0 Å². The minimum Gasteiger partial charge on any atom is -0.329 e. The number of hydrogen-bond donors (Lipinski definition) is 1. The fourth-order valence-electron chi connectivity index (χ4n) is 2.17. The van der Waals surface area contributed by atoms with Crippen molar-refractivity contribution in [3.05, 3.63) is 42.2 Å². The second-order valence-corrected chi connectivity index (χ2v) is 6.77. The maximum absolute atomic E-state index is 12.4. The summed E-state index contributed by atoms with van der Waals surface area (Å²) in [6.45, 7) is 6.24. The Morgan fingerprint density at radius 1 is 1.36 bits per heavy atom. The molecule has 0 aliphatic rings. The van der Waals surface area contributed by atoms with Gasteiger partial charge in [0.1, 0.15) is 0 Å². The zero-order valence-corrected chi connectivity index (χ0v) is 14.4. The first-order chi connectivity index (χ1) is 10.5. The molecule has 2 atom stereocenters. The summed E-state index contributed by atoms with van der Waals surface area (Å²) in [4.78, 5) is 16.7. The molecule has 2 rings (SSSR count). The van der Waals surface area contributed by atoms with E-state index in [1.54, 1.807) is 6.20 Å². The second kappa shape index (κ2) is 7.49. The van der Waals surface area contributed by atoms with E-state index < -0.39 is 0 Å². The van der Waals surface area contributed by atoms with Crippen molar-refractivity contribution in [1.29, 1.82) is 0 Å². The summed E-state index contributed by atoms with van der Waals surface area (Å²) in [5, 5.41) is 3.70. The van der Waals surface area contributed by atoms with Crippen LogP contribution in [0.1, 0.15) is 38.7 Å². The van der Waals surface area contributed by atoms with Crippen LogP contribution < -0.4 is 5.32 Å². The van der Waals surface area contributed by atoms with Crippen LogP contribution in [0, 0.1) is 0 Å². The van der Waals surface area contributed by atoms with Crippen LogP contribution in [0.2, 0.25) is 0 Å². The number of aromatic nitrogens is 2. The molecule has 0 aliphatic heterocycles. The minimum absolute atomic E-state index is 0.00348. The molecule has 0 fully saturated rings. The fraction of sp³-hybridized carbons (Fsp3) is 0.412. The molecule has 22 heavy (non-hydrogen) atoms. The van der Waals surface area contributed by atoms with Gasteiger partial charge in [-0.1, -0.05) is 43.8 Å². The van der Waals surface area contributed by atoms with Crippen molar-refractivity contribution in [1.82, 2.24) is 9.55 Å². The van der Waals surface area contributed by atoms with E-state index in [0.717, 1.165) is 17.3 Å². The SMILES string of the molecule is CC[C@H](C)c1ccccc1NC(=O)[C@@H](C)Sc1nccn1C. The minimum atomic E-state index is -0.203. The number of thioether (sulfide) groups is 1. The van der Waals surface area contributed by atoms with Crippen LogP contribution in [0.5, 0.6) is 0 Å². The van der Waals surface area contributed by atoms with E-state index in [0.29, 0.717) is 5.92 Å². The van der Waals surface area contributed by atoms with E-state index in [2.05, 4.69) is 30.2 Å².